The fourth-order valence-corrected chi connectivity index (χ4v) is 3.16. The lowest BCUT2D eigenvalue weighted by atomic mass is 10.3. The predicted molar refractivity (Wildman–Crippen MR) is 74.1 cm³/mol. The van der Waals surface area contributed by atoms with Gasteiger partial charge in [0.25, 0.3) is 0 Å². The molecule has 0 saturated heterocycles. The Kier molecular flexibility index (Phi) is 3.90. The molecule has 0 atom stereocenters. The summed E-state index contributed by atoms with van der Waals surface area (Å²) in [7, 11) is -3.54. The zero-order valence-electron chi connectivity index (χ0n) is 10.9. The van der Waals surface area contributed by atoms with E-state index in [4.69, 9.17) is 4.74 Å². The maximum atomic E-state index is 12.6. The second kappa shape index (κ2) is 5.45. The van der Waals surface area contributed by atoms with Crippen LogP contribution in [0.25, 0.3) is 0 Å². The normalized spacial score (nSPS) is 11.5. The fourth-order valence-electron chi connectivity index (χ4n) is 1.75. The van der Waals surface area contributed by atoms with Crippen LogP contribution in [0.2, 0.25) is 0 Å². The molecule has 4 heteroatoms. The average molecular weight is 276 g/mol. The van der Waals surface area contributed by atoms with Crippen LogP contribution in [-0.2, 0) is 9.84 Å². The first-order chi connectivity index (χ1) is 9.01. The van der Waals surface area contributed by atoms with Gasteiger partial charge in [-0.25, -0.2) is 8.42 Å². The quantitative estimate of drug-likeness (QED) is 0.860. The van der Waals surface area contributed by atoms with Crippen LogP contribution < -0.4 is 4.74 Å². The molecule has 0 heterocycles. The first-order valence-corrected chi connectivity index (χ1v) is 7.56. The topological polar surface area (TPSA) is 43.4 Å². The Labute approximate surface area is 113 Å². The van der Waals surface area contributed by atoms with Gasteiger partial charge in [0.1, 0.15) is 10.6 Å². The average Bonchev–Trinajstić information content (AvgIpc) is 2.39. The Morgan fingerprint density at radius 3 is 2.11 bits per heavy atom. The minimum absolute atomic E-state index is 0.0767. The number of rotatable bonds is 4. The molecule has 0 radical (unpaired) electrons. The van der Waals surface area contributed by atoms with Crippen LogP contribution in [0.4, 0.5) is 0 Å². The molecule has 0 unspecified atom stereocenters. The monoisotopic (exact) mass is 276 g/mol. The molecule has 0 bridgehead atoms. The molecule has 0 spiro atoms. The summed E-state index contributed by atoms with van der Waals surface area (Å²) in [5.41, 5.74) is 0. The SMILES string of the molecule is CC(C)Oc1ccccc1S(=O)(=O)c1ccccc1. The first-order valence-electron chi connectivity index (χ1n) is 6.07. The lowest BCUT2D eigenvalue weighted by Crippen LogP contribution is -2.10. The molecule has 0 amide bonds. The van der Waals surface area contributed by atoms with E-state index in [2.05, 4.69) is 0 Å². The first kappa shape index (κ1) is 13.6. The van der Waals surface area contributed by atoms with E-state index in [1.807, 2.05) is 13.8 Å². The van der Waals surface area contributed by atoms with Gasteiger partial charge in [-0.1, -0.05) is 30.3 Å². The fraction of sp³-hybridized carbons (Fsp3) is 0.200. The van der Waals surface area contributed by atoms with E-state index in [1.165, 1.54) is 0 Å². The molecule has 100 valence electrons. The van der Waals surface area contributed by atoms with Crippen LogP contribution in [-0.4, -0.2) is 14.5 Å². The number of hydrogen-bond acceptors (Lipinski definition) is 3. The second-order valence-electron chi connectivity index (χ2n) is 4.43. The van der Waals surface area contributed by atoms with Crippen LogP contribution >= 0.6 is 0 Å². The molecule has 0 aromatic heterocycles. The van der Waals surface area contributed by atoms with Gasteiger partial charge >= 0.3 is 0 Å². The third kappa shape index (κ3) is 2.96. The molecule has 2 rings (SSSR count). The molecular formula is C15H16O3S. The molecule has 3 nitrogen and oxygen atoms in total. The van der Waals surface area contributed by atoms with E-state index in [0.717, 1.165) is 0 Å². The highest BCUT2D eigenvalue weighted by atomic mass is 32.2. The molecule has 0 N–H and O–H groups in total. The van der Waals surface area contributed by atoms with Crippen molar-refractivity contribution < 1.29 is 13.2 Å². The van der Waals surface area contributed by atoms with Gasteiger partial charge in [0.05, 0.1) is 11.0 Å². The molecule has 2 aromatic carbocycles. The highest BCUT2D eigenvalue weighted by Crippen LogP contribution is 2.29. The molecule has 0 aliphatic carbocycles. The minimum Gasteiger partial charge on any atom is -0.490 e. The third-order valence-electron chi connectivity index (χ3n) is 2.55. The standard InChI is InChI=1S/C15H16O3S/c1-12(2)18-14-10-6-7-11-15(14)19(16,17)13-8-4-3-5-9-13/h3-12H,1-2H3. The summed E-state index contributed by atoms with van der Waals surface area (Å²) in [5.74, 6) is 0.390. The van der Waals surface area contributed by atoms with Crippen molar-refractivity contribution in [3.8, 4) is 5.75 Å². The van der Waals surface area contributed by atoms with Crippen molar-refractivity contribution in [2.24, 2.45) is 0 Å². The lowest BCUT2D eigenvalue weighted by Gasteiger charge is -2.14. The summed E-state index contributed by atoms with van der Waals surface area (Å²) < 4.78 is 30.7. The summed E-state index contributed by atoms with van der Waals surface area (Å²) in [5, 5.41) is 0. The van der Waals surface area contributed by atoms with E-state index in [1.54, 1.807) is 54.6 Å². The zero-order valence-corrected chi connectivity index (χ0v) is 11.7. The van der Waals surface area contributed by atoms with Crippen LogP contribution in [0, 0.1) is 0 Å². The Morgan fingerprint density at radius 1 is 0.895 bits per heavy atom. The Balaban J connectivity index is 2.53. The summed E-state index contributed by atoms with van der Waals surface area (Å²) in [6.45, 7) is 3.73. The largest absolute Gasteiger partial charge is 0.490 e. The second-order valence-corrected chi connectivity index (χ2v) is 6.35. The Hall–Kier alpha value is -1.81. The number of benzene rings is 2. The number of hydrogen-bond donors (Lipinski definition) is 0. The van der Waals surface area contributed by atoms with Gasteiger partial charge in [-0.3, -0.25) is 0 Å². The van der Waals surface area contributed by atoms with Crippen molar-refractivity contribution in [3.63, 3.8) is 0 Å². The van der Waals surface area contributed by atoms with Gasteiger partial charge in [0.2, 0.25) is 9.84 Å². The Morgan fingerprint density at radius 2 is 1.47 bits per heavy atom. The van der Waals surface area contributed by atoms with Crippen molar-refractivity contribution in [1.29, 1.82) is 0 Å². The summed E-state index contributed by atoms with van der Waals surface area (Å²) in [4.78, 5) is 0.477. The molecule has 19 heavy (non-hydrogen) atoms. The highest BCUT2D eigenvalue weighted by molar-refractivity contribution is 7.91. The van der Waals surface area contributed by atoms with E-state index in [0.29, 0.717) is 5.75 Å². The van der Waals surface area contributed by atoms with Crippen LogP contribution in [0.15, 0.2) is 64.4 Å². The smallest absolute Gasteiger partial charge is 0.210 e. The van der Waals surface area contributed by atoms with Gasteiger partial charge in [-0.2, -0.15) is 0 Å². The summed E-state index contributed by atoms with van der Waals surface area (Å²) >= 11 is 0. The van der Waals surface area contributed by atoms with Crippen LogP contribution in [0.5, 0.6) is 5.75 Å². The van der Waals surface area contributed by atoms with E-state index in [9.17, 15) is 8.42 Å². The van der Waals surface area contributed by atoms with Crippen LogP contribution in [0.1, 0.15) is 13.8 Å². The molecule has 0 aliphatic rings. The maximum Gasteiger partial charge on any atom is 0.210 e. The van der Waals surface area contributed by atoms with Crippen molar-refractivity contribution in [1.82, 2.24) is 0 Å². The zero-order chi connectivity index (χ0) is 13.9. The molecule has 0 saturated carbocycles. The maximum absolute atomic E-state index is 12.6. The Bertz CT molecular complexity index is 646. The summed E-state index contributed by atoms with van der Waals surface area (Å²) in [6, 6.07) is 15.1. The van der Waals surface area contributed by atoms with Gasteiger partial charge in [-0.15, -0.1) is 0 Å². The third-order valence-corrected chi connectivity index (χ3v) is 4.36. The van der Waals surface area contributed by atoms with E-state index >= 15 is 0 Å². The molecule has 2 aromatic rings. The van der Waals surface area contributed by atoms with E-state index < -0.39 is 9.84 Å². The van der Waals surface area contributed by atoms with Gasteiger partial charge in [0.15, 0.2) is 0 Å². The van der Waals surface area contributed by atoms with E-state index in [-0.39, 0.29) is 15.9 Å². The van der Waals surface area contributed by atoms with Crippen molar-refractivity contribution >= 4 is 9.84 Å². The van der Waals surface area contributed by atoms with Crippen LogP contribution in [0.3, 0.4) is 0 Å². The van der Waals surface area contributed by atoms with Crippen molar-refractivity contribution in [2.45, 2.75) is 29.7 Å². The van der Waals surface area contributed by atoms with Crippen molar-refractivity contribution in [3.05, 3.63) is 54.6 Å². The van der Waals surface area contributed by atoms with Gasteiger partial charge in [0, 0.05) is 0 Å². The number of para-hydroxylation sites is 1. The number of ether oxygens (including phenoxy) is 1. The van der Waals surface area contributed by atoms with Gasteiger partial charge < -0.3 is 4.74 Å². The van der Waals surface area contributed by atoms with Crippen molar-refractivity contribution in [2.75, 3.05) is 0 Å². The highest BCUT2D eigenvalue weighted by Gasteiger charge is 2.21. The minimum atomic E-state index is -3.54. The number of sulfone groups is 1. The van der Waals surface area contributed by atoms with Gasteiger partial charge in [-0.05, 0) is 38.1 Å². The molecular weight excluding hydrogens is 260 g/mol. The molecule has 0 fully saturated rings. The predicted octanol–water partition coefficient (Wildman–Crippen LogP) is 3.31. The summed E-state index contributed by atoms with van der Waals surface area (Å²) in [6.07, 6.45) is -0.0767. The lowest BCUT2D eigenvalue weighted by molar-refractivity contribution is 0.236. The molecule has 0 aliphatic heterocycles.